The van der Waals surface area contributed by atoms with Crippen LogP contribution in [0, 0.1) is 5.41 Å². The van der Waals surface area contributed by atoms with Gasteiger partial charge in [-0.3, -0.25) is 0 Å². The van der Waals surface area contributed by atoms with Crippen LogP contribution in [0.25, 0.3) is 11.8 Å². The molecule has 0 bridgehead atoms. The van der Waals surface area contributed by atoms with Gasteiger partial charge in [0.15, 0.2) is 0 Å². The summed E-state index contributed by atoms with van der Waals surface area (Å²) in [4.78, 5) is 3.95. The average Bonchev–Trinajstić information content (AvgIpc) is 3.00. The van der Waals surface area contributed by atoms with Crippen LogP contribution in [0.3, 0.4) is 0 Å². The SMILES string of the molecule is COCC(C)(C)C(O)/C(=C/c1ccc(Cl)cc1Cl)n1cncn1. The number of rotatable bonds is 6. The molecule has 1 aromatic heterocycles. The number of hydrogen-bond donors (Lipinski definition) is 1. The molecule has 0 saturated heterocycles. The first-order chi connectivity index (χ1) is 10.8. The molecule has 0 aliphatic heterocycles. The molecule has 1 heterocycles. The van der Waals surface area contributed by atoms with E-state index in [9.17, 15) is 5.11 Å². The second-order valence-electron chi connectivity index (χ2n) is 5.90. The Kier molecular flexibility index (Phi) is 5.81. The van der Waals surface area contributed by atoms with Crippen molar-refractivity contribution in [1.82, 2.24) is 14.8 Å². The van der Waals surface area contributed by atoms with Crippen LogP contribution in [-0.2, 0) is 4.74 Å². The fraction of sp³-hybridized carbons (Fsp3) is 0.375. The molecule has 1 N–H and O–H groups in total. The minimum atomic E-state index is -0.837. The van der Waals surface area contributed by atoms with Crippen molar-refractivity contribution in [3.05, 3.63) is 46.5 Å². The van der Waals surface area contributed by atoms with Gasteiger partial charge in [0.2, 0.25) is 0 Å². The smallest absolute Gasteiger partial charge is 0.138 e. The monoisotopic (exact) mass is 355 g/mol. The van der Waals surface area contributed by atoms with Gasteiger partial charge in [-0.2, -0.15) is 5.10 Å². The summed E-state index contributed by atoms with van der Waals surface area (Å²) in [5.74, 6) is 0. The van der Waals surface area contributed by atoms with E-state index < -0.39 is 11.5 Å². The summed E-state index contributed by atoms with van der Waals surface area (Å²) in [5, 5.41) is 16.0. The molecule has 0 amide bonds. The Balaban J connectivity index is 2.49. The van der Waals surface area contributed by atoms with Crippen molar-refractivity contribution in [3.63, 3.8) is 0 Å². The quantitative estimate of drug-likeness (QED) is 0.859. The number of methoxy groups -OCH3 is 1. The van der Waals surface area contributed by atoms with Gasteiger partial charge in [-0.15, -0.1) is 0 Å². The maximum Gasteiger partial charge on any atom is 0.138 e. The number of aromatic nitrogens is 3. The largest absolute Gasteiger partial charge is 0.386 e. The van der Waals surface area contributed by atoms with E-state index in [4.69, 9.17) is 27.9 Å². The third-order valence-corrected chi connectivity index (χ3v) is 4.05. The first-order valence-electron chi connectivity index (χ1n) is 7.04. The minimum Gasteiger partial charge on any atom is -0.386 e. The summed E-state index contributed by atoms with van der Waals surface area (Å²) in [6.07, 6.45) is 3.88. The lowest BCUT2D eigenvalue weighted by Crippen LogP contribution is -2.36. The van der Waals surface area contributed by atoms with Crippen LogP contribution in [0.4, 0.5) is 0 Å². The summed E-state index contributed by atoms with van der Waals surface area (Å²) in [5.41, 5.74) is 0.758. The summed E-state index contributed by atoms with van der Waals surface area (Å²) in [7, 11) is 1.60. The van der Waals surface area contributed by atoms with Crippen molar-refractivity contribution in [2.45, 2.75) is 20.0 Å². The molecule has 0 aliphatic carbocycles. The average molecular weight is 356 g/mol. The molecule has 0 fully saturated rings. The summed E-state index contributed by atoms with van der Waals surface area (Å²) in [6, 6.07) is 5.18. The van der Waals surface area contributed by atoms with Crippen LogP contribution in [0.2, 0.25) is 10.0 Å². The number of halogens is 2. The topological polar surface area (TPSA) is 60.2 Å². The normalized spacial score (nSPS) is 14.1. The van der Waals surface area contributed by atoms with Crippen LogP contribution in [0.15, 0.2) is 30.9 Å². The molecule has 124 valence electrons. The highest BCUT2D eigenvalue weighted by Crippen LogP contribution is 2.31. The van der Waals surface area contributed by atoms with Gasteiger partial charge in [0, 0.05) is 22.6 Å². The van der Waals surface area contributed by atoms with Gasteiger partial charge in [-0.1, -0.05) is 43.1 Å². The van der Waals surface area contributed by atoms with Crippen molar-refractivity contribution in [3.8, 4) is 0 Å². The van der Waals surface area contributed by atoms with Crippen molar-refractivity contribution in [1.29, 1.82) is 0 Å². The predicted molar refractivity (Wildman–Crippen MR) is 92.3 cm³/mol. The highest BCUT2D eigenvalue weighted by Gasteiger charge is 2.32. The Morgan fingerprint density at radius 3 is 2.74 bits per heavy atom. The first-order valence-corrected chi connectivity index (χ1v) is 7.79. The fourth-order valence-corrected chi connectivity index (χ4v) is 2.70. The van der Waals surface area contributed by atoms with Crippen LogP contribution in [0.1, 0.15) is 19.4 Å². The van der Waals surface area contributed by atoms with Gasteiger partial charge >= 0.3 is 0 Å². The lowest BCUT2D eigenvalue weighted by atomic mass is 9.85. The zero-order chi connectivity index (χ0) is 17.0. The van der Waals surface area contributed by atoms with Crippen LogP contribution >= 0.6 is 23.2 Å². The van der Waals surface area contributed by atoms with E-state index in [0.29, 0.717) is 22.3 Å². The third-order valence-electron chi connectivity index (χ3n) is 3.49. The van der Waals surface area contributed by atoms with Crippen molar-refractivity contribution < 1.29 is 9.84 Å². The molecular weight excluding hydrogens is 337 g/mol. The molecule has 0 spiro atoms. The molecule has 7 heteroatoms. The minimum absolute atomic E-state index is 0.383. The first kappa shape index (κ1) is 17.9. The molecule has 0 radical (unpaired) electrons. The van der Waals surface area contributed by atoms with Crippen molar-refractivity contribution >= 4 is 35.0 Å². The third kappa shape index (κ3) is 4.32. The number of aliphatic hydroxyl groups excluding tert-OH is 1. The van der Waals surface area contributed by atoms with Crippen molar-refractivity contribution in [2.24, 2.45) is 5.41 Å². The molecule has 23 heavy (non-hydrogen) atoms. The lowest BCUT2D eigenvalue weighted by Gasteiger charge is -2.31. The van der Waals surface area contributed by atoms with E-state index >= 15 is 0 Å². The van der Waals surface area contributed by atoms with Crippen LogP contribution in [-0.4, -0.2) is 39.7 Å². The van der Waals surface area contributed by atoms with Gasteiger partial charge in [0.25, 0.3) is 0 Å². The number of aliphatic hydroxyl groups is 1. The Hall–Kier alpha value is -1.40. The molecular formula is C16H19Cl2N3O2. The summed E-state index contributed by atoms with van der Waals surface area (Å²) < 4.78 is 6.73. The van der Waals surface area contributed by atoms with Crippen LogP contribution in [0.5, 0.6) is 0 Å². The molecule has 1 atom stereocenters. The van der Waals surface area contributed by atoms with E-state index in [1.165, 1.54) is 17.3 Å². The standard InChI is InChI=1S/C16H19Cl2N3O2/c1-16(2,8-23-3)15(22)14(21-10-19-9-20-21)6-11-4-5-12(17)7-13(11)18/h4-7,9-10,15,22H,8H2,1-3H3/b14-6-. The van der Waals surface area contributed by atoms with E-state index in [0.717, 1.165) is 5.56 Å². The number of nitrogens with zero attached hydrogens (tertiary/aromatic N) is 3. The van der Waals surface area contributed by atoms with E-state index in [1.807, 2.05) is 13.8 Å². The molecule has 2 rings (SSSR count). The number of hydrogen-bond acceptors (Lipinski definition) is 4. The van der Waals surface area contributed by atoms with E-state index in [1.54, 1.807) is 31.4 Å². The Morgan fingerprint density at radius 1 is 1.43 bits per heavy atom. The second kappa shape index (κ2) is 7.45. The molecule has 1 unspecified atom stereocenters. The van der Waals surface area contributed by atoms with Gasteiger partial charge in [-0.25, -0.2) is 9.67 Å². The Morgan fingerprint density at radius 2 is 2.17 bits per heavy atom. The maximum atomic E-state index is 10.8. The van der Waals surface area contributed by atoms with Crippen LogP contribution < -0.4 is 0 Å². The van der Waals surface area contributed by atoms with Crippen molar-refractivity contribution in [2.75, 3.05) is 13.7 Å². The zero-order valence-electron chi connectivity index (χ0n) is 13.2. The van der Waals surface area contributed by atoms with Gasteiger partial charge < -0.3 is 9.84 Å². The molecule has 0 saturated carbocycles. The number of ether oxygens (including phenoxy) is 1. The van der Waals surface area contributed by atoms with Gasteiger partial charge in [0.1, 0.15) is 18.8 Å². The van der Waals surface area contributed by atoms with E-state index in [2.05, 4.69) is 10.1 Å². The zero-order valence-corrected chi connectivity index (χ0v) is 14.7. The Bertz CT molecular complexity index is 685. The van der Waals surface area contributed by atoms with Gasteiger partial charge in [0.05, 0.1) is 12.3 Å². The molecule has 1 aromatic carbocycles. The maximum absolute atomic E-state index is 10.8. The second-order valence-corrected chi connectivity index (χ2v) is 6.74. The summed E-state index contributed by atoms with van der Waals surface area (Å²) >= 11 is 12.2. The fourth-order valence-electron chi connectivity index (χ4n) is 2.24. The Labute approximate surface area is 145 Å². The number of benzene rings is 1. The summed E-state index contributed by atoms with van der Waals surface area (Å²) in [6.45, 7) is 4.21. The highest BCUT2D eigenvalue weighted by atomic mass is 35.5. The predicted octanol–water partition coefficient (Wildman–Crippen LogP) is 3.62. The van der Waals surface area contributed by atoms with Gasteiger partial charge in [-0.05, 0) is 23.8 Å². The van der Waals surface area contributed by atoms with E-state index in [-0.39, 0.29) is 0 Å². The highest BCUT2D eigenvalue weighted by molar-refractivity contribution is 6.35. The lowest BCUT2D eigenvalue weighted by molar-refractivity contribution is 0.0201. The molecule has 2 aromatic rings. The molecule has 0 aliphatic rings. The molecule has 5 nitrogen and oxygen atoms in total.